The van der Waals surface area contributed by atoms with Gasteiger partial charge >= 0.3 is 5.69 Å². The number of nitro benzene ring substituents is 1. The van der Waals surface area contributed by atoms with Gasteiger partial charge in [-0.2, -0.15) is 0 Å². The van der Waals surface area contributed by atoms with Crippen molar-refractivity contribution in [3.8, 4) is 5.75 Å². The second kappa shape index (κ2) is 7.94. The van der Waals surface area contributed by atoms with Gasteiger partial charge in [0, 0.05) is 17.3 Å². The van der Waals surface area contributed by atoms with Crippen LogP contribution in [0.4, 0.5) is 11.4 Å². The Morgan fingerprint density at radius 2 is 1.58 bits per heavy atom. The van der Waals surface area contributed by atoms with Gasteiger partial charge in [-0.3, -0.25) is 14.9 Å². The molecule has 3 aromatic rings. The molecule has 0 unspecified atom stereocenters. The smallest absolute Gasteiger partial charge is 0.310 e. The molecule has 0 aliphatic heterocycles. The van der Waals surface area contributed by atoms with E-state index in [-0.39, 0.29) is 24.0 Å². The molecule has 3 aromatic carbocycles. The van der Waals surface area contributed by atoms with Crippen LogP contribution < -0.4 is 10.1 Å². The summed E-state index contributed by atoms with van der Waals surface area (Å²) < 4.78 is 5.54. The first-order valence-electron chi connectivity index (χ1n) is 7.95. The van der Waals surface area contributed by atoms with E-state index in [0.717, 1.165) is 11.3 Å². The fraction of sp³-hybridized carbons (Fsp3) is 0.0500. The fourth-order valence-electron chi connectivity index (χ4n) is 2.37. The summed E-state index contributed by atoms with van der Waals surface area (Å²) in [5.74, 6) is 0.00534. The number of para-hydroxylation sites is 3. The molecule has 1 N–H and O–H groups in total. The number of carbonyl (C=O) groups excluding carboxylic acids is 1. The molecule has 3 rings (SSSR count). The van der Waals surface area contributed by atoms with Gasteiger partial charge in [0.15, 0.2) is 5.75 Å². The Labute approximate surface area is 150 Å². The van der Waals surface area contributed by atoms with Gasteiger partial charge < -0.3 is 10.1 Å². The van der Waals surface area contributed by atoms with Gasteiger partial charge in [-0.25, -0.2) is 0 Å². The van der Waals surface area contributed by atoms with E-state index in [2.05, 4.69) is 5.32 Å². The van der Waals surface area contributed by atoms with Crippen LogP contribution in [-0.4, -0.2) is 10.8 Å². The van der Waals surface area contributed by atoms with Crippen molar-refractivity contribution in [1.29, 1.82) is 0 Å². The normalized spacial score (nSPS) is 10.2. The zero-order valence-corrected chi connectivity index (χ0v) is 13.8. The monoisotopic (exact) mass is 348 g/mol. The molecule has 0 atom stereocenters. The van der Waals surface area contributed by atoms with Crippen molar-refractivity contribution in [1.82, 2.24) is 0 Å². The summed E-state index contributed by atoms with van der Waals surface area (Å²) >= 11 is 0. The van der Waals surface area contributed by atoms with Crippen LogP contribution in [-0.2, 0) is 6.61 Å². The van der Waals surface area contributed by atoms with Gasteiger partial charge in [0.2, 0.25) is 0 Å². The number of hydrogen-bond acceptors (Lipinski definition) is 4. The molecule has 0 bridgehead atoms. The molecule has 0 saturated carbocycles. The Kier molecular flexibility index (Phi) is 5.24. The number of rotatable bonds is 6. The highest BCUT2D eigenvalue weighted by Gasteiger charge is 2.13. The lowest BCUT2D eigenvalue weighted by molar-refractivity contribution is -0.385. The number of nitrogens with zero attached hydrogens (tertiary/aromatic N) is 1. The van der Waals surface area contributed by atoms with Crippen LogP contribution in [0.1, 0.15) is 15.9 Å². The van der Waals surface area contributed by atoms with Crippen LogP contribution in [0, 0.1) is 10.1 Å². The lowest BCUT2D eigenvalue weighted by atomic mass is 10.1. The maximum absolute atomic E-state index is 12.2. The largest absolute Gasteiger partial charge is 0.482 e. The SMILES string of the molecule is O=C(Nc1ccccc1)c1ccc(COc2ccccc2[N+](=O)[O-])cc1. The number of benzene rings is 3. The van der Waals surface area contributed by atoms with Crippen LogP contribution in [0.25, 0.3) is 0 Å². The Morgan fingerprint density at radius 1 is 0.923 bits per heavy atom. The second-order valence-corrected chi connectivity index (χ2v) is 5.53. The molecule has 0 saturated heterocycles. The Morgan fingerprint density at radius 3 is 2.27 bits per heavy atom. The van der Waals surface area contributed by atoms with Crippen LogP contribution in [0.5, 0.6) is 5.75 Å². The highest BCUT2D eigenvalue weighted by Crippen LogP contribution is 2.26. The third-order valence-corrected chi connectivity index (χ3v) is 3.70. The van der Waals surface area contributed by atoms with Crippen LogP contribution >= 0.6 is 0 Å². The third kappa shape index (κ3) is 4.24. The topological polar surface area (TPSA) is 81.5 Å². The van der Waals surface area contributed by atoms with Crippen LogP contribution in [0.2, 0.25) is 0 Å². The van der Waals surface area contributed by atoms with Crippen LogP contribution in [0.3, 0.4) is 0 Å². The standard InChI is InChI=1S/C20H16N2O4/c23-20(21-17-6-2-1-3-7-17)16-12-10-15(11-13-16)14-26-19-9-5-4-8-18(19)22(24)25/h1-13H,14H2,(H,21,23). The van der Waals surface area contributed by atoms with E-state index in [0.29, 0.717) is 5.56 Å². The van der Waals surface area contributed by atoms with E-state index < -0.39 is 4.92 Å². The van der Waals surface area contributed by atoms with Gasteiger partial charge in [-0.05, 0) is 35.9 Å². The van der Waals surface area contributed by atoms with Crippen molar-refractivity contribution in [2.75, 3.05) is 5.32 Å². The first-order chi connectivity index (χ1) is 12.6. The molecule has 0 heterocycles. The summed E-state index contributed by atoms with van der Waals surface area (Å²) in [5.41, 5.74) is 1.97. The summed E-state index contributed by atoms with van der Waals surface area (Å²) in [5, 5.41) is 13.8. The molecular formula is C20H16N2O4. The van der Waals surface area contributed by atoms with E-state index in [1.807, 2.05) is 30.3 Å². The zero-order valence-electron chi connectivity index (χ0n) is 13.8. The van der Waals surface area contributed by atoms with Crippen molar-refractivity contribution in [3.63, 3.8) is 0 Å². The van der Waals surface area contributed by atoms with Gasteiger partial charge in [-0.15, -0.1) is 0 Å². The Balaban J connectivity index is 1.63. The maximum Gasteiger partial charge on any atom is 0.310 e. The van der Waals surface area contributed by atoms with Gasteiger partial charge in [0.1, 0.15) is 6.61 Å². The molecule has 0 spiro atoms. The Hall–Kier alpha value is -3.67. The molecular weight excluding hydrogens is 332 g/mol. The zero-order chi connectivity index (χ0) is 18.4. The van der Waals surface area contributed by atoms with Crippen molar-refractivity contribution in [2.24, 2.45) is 0 Å². The molecule has 1 amide bonds. The Bertz CT molecular complexity index is 909. The average molecular weight is 348 g/mol. The third-order valence-electron chi connectivity index (χ3n) is 3.70. The van der Waals surface area contributed by atoms with Crippen molar-refractivity contribution in [2.45, 2.75) is 6.61 Å². The van der Waals surface area contributed by atoms with E-state index in [4.69, 9.17) is 4.74 Å². The summed E-state index contributed by atoms with van der Waals surface area (Å²) in [4.78, 5) is 22.7. The van der Waals surface area contributed by atoms with E-state index in [9.17, 15) is 14.9 Å². The number of nitro groups is 1. The van der Waals surface area contributed by atoms with Crippen molar-refractivity contribution >= 4 is 17.3 Å². The lowest BCUT2D eigenvalue weighted by Gasteiger charge is -2.08. The quantitative estimate of drug-likeness (QED) is 0.528. The van der Waals surface area contributed by atoms with Crippen molar-refractivity contribution in [3.05, 3.63) is 100 Å². The molecule has 0 aliphatic carbocycles. The van der Waals surface area contributed by atoms with E-state index in [1.165, 1.54) is 6.07 Å². The van der Waals surface area contributed by atoms with Crippen LogP contribution in [0.15, 0.2) is 78.9 Å². The predicted octanol–water partition coefficient (Wildman–Crippen LogP) is 4.43. The van der Waals surface area contributed by atoms with E-state index in [1.54, 1.807) is 42.5 Å². The summed E-state index contributed by atoms with van der Waals surface area (Å²) in [6, 6.07) is 22.3. The minimum Gasteiger partial charge on any atom is -0.482 e. The molecule has 26 heavy (non-hydrogen) atoms. The summed E-state index contributed by atoms with van der Waals surface area (Å²) in [6.45, 7) is 0.172. The minimum atomic E-state index is -0.480. The number of ether oxygens (including phenoxy) is 1. The molecule has 6 heteroatoms. The molecule has 130 valence electrons. The average Bonchev–Trinajstić information content (AvgIpc) is 2.67. The molecule has 0 fully saturated rings. The summed E-state index contributed by atoms with van der Waals surface area (Å²) in [7, 11) is 0. The predicted molar refractivity (Wildman–Crippen MR) is 98.3 cm³/mol. The minimum absolute atomic E-state index is 0.0774. The lowest BCUT2D eigenvalue weighted by Crippen LogP contribution is -2.11. The molecule has 6 nitrogen and oxygen atoms in total. The fourth-order valence-corrected chi connectivity index (χ4v) is 2.37. The van der Waals surface area contributed by atoms with E-state index >= 15 is 0 Å². The molecule has 0 aliphatic rings. The first-order valence-corrected chi connectivity index (χ1v) is 7.95. The highest BCUT2D eigenvalue weighted by molar-refractivity contribution is 6.04. The number of anilines is 1. The maximum atomic E-state index is 12.2. The number of nitrogens with one attached hydrogen (secondary N) is 1. The van der Waals surface area contributed by atoms with Gasteiger partial charge in [0.05, 0.1) is 4.92 Å². The first kappa shape index (κ1) is 17.2. The number of hydrogen-bond donors (Lipinski definition) is 1. The highest BCUT2D eigenvalue weighted by atomic mass is 16.6. The van der Waals surface area contributed by atoms with Gasteiger partial charge in [0.25, 0.3) is 5.91 Å². The van der Waals surface area contributed by atoms with Gasteiger partial charge in [-0.1, -0.05) is 42.5 Å². The van der Waals surface area contributed by atoms with Crippen molar-refractivity contribution < 1.29 is 14.5 Å². The molecule has 0 radical (unpaired) electrons. The second-order valence-electron chi connectivity index (χ2n) is 5.53. The number of carbonyl (C=O) groups is 1. The number of amides is 1. The molecule has 0 aromatic heterocycles. The summed E-state index contributed by atoms with van der Waals surface area (Å²) in [6.07, 6.45) is 0.